The standard InChI is InChI=1S/C16H22N4O3/c1-11(2)20-8-5-13(17-20)9-16(22)19-6-3-12(4-7-19)14-10-15(21)18-23-14/h5,8,10-12H,3-4,6-7,9H2,1-2H3,(H,18,21). The van der Waals surface area contributed by atoms with E-state index in [1.54, 1.807) is 0 Å². The van der Waals surface area contributed by atoms with Gasteiger partial charge in [0.05, 0.1) is 12.1 Å². The summed E-state index contributed by atoms with van der Waals surface area (Å²) in [5.41, 5.74) is 0.599. The van der Waals surface area contributed by atoms with E-state index in [1.807, 2.05) is 21.8 Å². The van der Waals surface area contributed by atoms with Gasteiger partial charge in [-0.05, 0) is 32.8 Å². The van der Waals surface area contributed by atoms with Crippen molar-refractivity contribution in [3.8, 4) is 0 Å². The number of nitrogens with one attached hydrogen (secondary N) is 1. The van der Waals surface area contributed by atoms with Crippen molar-refractivity contribution in [2.24, 2.45) is 0 Å². The Kier molecular flexibility index (Phi) is 4.36. The summed E-state index contributed by atoms with van der Waals surface area (Å²) in [5, 5.41) is 6.75. The van der Waals surface area contributed by atoms with Crippen LogP contribution in [-0.4, -0.2) is 38.8 Å². The van der Waals surface area contributed by atoms with Crippen LogP contribution in [0, 0.1) is 0 Å². The summed E-state index contributed by atoms with van der Waals surface area (Å²) >= 11 is 0. The Morgan fingerprint density at radius 2 is 2.17 bits per heavy atom. The predicted molar refractivity (Wildman–Crippen MR) is 84.2 cm³/mol. The Bertz CT molecular complexity index is 720. The summed E-state index contributed by atoms with van der Waals surface area (Å²) in [7, 11) is 0. The van der Waals surface area contributed by atoms with Crippen molar-refractivity contribution in [1.29, 1.82) is 0 Å². The SMILES string of the molecule is CC(C)n1ccc(CC(=O)N2CCC(c3cc(=O)[nH]o3)CC2)n1. The lowest BCUT2D eigenvalue weighted by molar-refractivity contribution is -0.131. The van der Waals surface area contributed by atoms with Crippen LogP contribution in [-0.2, 0) is 11.2 Å². The molecule has 0 radical (unpaired) electrons. The molecule has 1 N–H and O–H groups in total. The highest BCUT2D eigenvalue weighted by Crippen LogP contribution is 2.27. The molecule has 1 aliphatic heterocycles. The zero-order valence-corrected chi connectivity index (χ0v) is 13.5. The fourth-order valence-corrected chi connectivity index (χ4v) is 2.94. The van der Waals surface area contributed by atoms with Gasteiger partial charge in [0.1, 0.15) is 5.76 Å². The Morgan fingerprint density at radius 3 is 2.74 bits per heavy atom. The Labute approximate surface area is 134 Å². The monoisotopic (exact) mass is 318 g/mol. The van der Waals surface area contributed by atoms with E-state index in [1.165, 1.54) is 6.07 Å². The van der Waals surface area contributed by atoms with Crippen LogP contribution in [0.15, 0.2) is 27.6 Å². The molecule has 3 rings (SSSR count). The summed E-state index contributed by atoms with van der Waals surface area (Å²) < 4.78 is 7.03. The molecule has 1 fully saturated rings. The lowest BCUT2D eigenvalue weighted by atomic mass is 9.94. The molecule has 0 bridgehead atoms. The maximum atomic E-state index is 12.4. The zero-order valence-electron chi connectivity index (χ0n) is 13.5. The second-order valence-corrected chi connectivity index (χ2v) is 6.33. The van der Waals surface area contributed by atoms with E-state index in [9.17, 15) is 9.59 Å². The maximum absolute atomic E-state index is 12.4. The highest BCUT2D eigenvalue weighted by Gasteiger charge is 2.26. The number of nitrogens with zero attached hydrogens (tertiary/aromatic N) is 3. The number of H-pyrrole nitrogens is 1. The molecule has 2 aromatic rings. The average Bonchev–Trinajstić information content (AvgIpc) is 3.16. The van der Waals surface area contributed by atoms with Gasteiger partial charge in [0.25, 0.3) is 5.56 Å². The van der Waals surface area contributed by atoms with Crippen LogP contribution in [0.1, 0.15) is 50.1 Å². The summed E-state index contributed by atoms with van der Waals surface area (Å²) in [4.78, 5) is 25.4. The molecular weight excluding hydrogens is 296 g/mol. The first-order valence-electron chi connectivity index (χ1n) is 8.03. The third kappa shape index (κ3) is 3.55. The fraction of sp³-hybridized carbons (Fsp3) is 0.562. The lowest BCUT2D eigenvalue weighted by Gasteiger charge is -2.30. The van der Waals surface area contributed by atoms with Crippen LogP contribution in [0.4, 0.5) is 0 Å². The normalized spacial score (nSPS) is 16.2. The number of carbonyl (C=O) groups is 1. The number of aromatic nitrogens is 3. The van der Waals surface area contributed by atoms with E-state index < -0.39 is 0 Å². The minimum Gasteiger partial charge on any atom is -0.383 e. The van der Waals surface area contributed by atoms with Gasteiger partial charge in [-0.1, -0.05) is 0 Å². The number of piperidine rings is 1. The largest absolute Gasteiger partial charge is 0.383 e. The molecule has 0 atom stereocenters. The lowest BCUT2D eigenvalue weighted by Crippen LogP contribution is -2.38. The van der Waals surface area contributed by atoms with E-state index in [2.05, 4.69) is 24.1 Å². The Hall–Kier alpha value is -2.31. The molecule has 3 heterocycles. The molecule has 1 aliphatic rings. The minimum absolute atomic E-state index is 0.105. The summed E-state index contributed by atoms with van der Waals surface area (Å²) in [6.45, 7) is 5.48. The molecule has 0 spiro atoms. The molecule has 0 saturated carbocycles. The third-order valence-corrected chi connectivity index (χ3v) is 4.32. The molecule has 23 heavy (non-hydrogen) atoms. The van der Waals surface area contributed by atoms with Gasteiger partial charge in [-0.2, -0.15) is 10.3 Å². The second-order valence-electron chi connectivity index (χ2n) is 6.33. The van der Waals surface area contributed by atoms with Crippen molar-refractivity contribution in [1.82, 2.24) is 19.8 Å². The second kappa shape index (κ2) is 6.44. The number of likely N-dealkylation sites (tertiary alicyclic amines) is 1. The van der Waals surface area contributed by atoms with Gasteiger partial charge in [0.2, 0.25) is 5.91 Å². The van der Waals surface area contributed by atoms with Gasteiger partial charge < -0.3 is 9.42 Å². The third-order valence-electron chi connectivity index (χ3n) is 4.32. The van der Waals surface area contributed by atoms with Crippen LogP contribution in [0.5, 0.6) is 0 Å². The number of rotatable bonds is 4. The number of aromatic amines is 1. The van der Waals surface area contributed by atoms with E-state index in [4.69, 9.17) is 4.52 Å². The molecule has 1 amide bonds. The van der Waals surface area contributed by atoms with Gasteiger partial charge in [-0.3, -0.25) is 14.3 Å². The van der Waals surface area contributed by atoms with Crippen LogP contribution in [0.3, 0.4) is 0 Å². The van der Waals surface area contributed by atoms with Gasteiger partial charge in [-0.25, -0.2) is 0 Å². The van der Waals surface area contributed by atoms with Crippen molar-refractivity contribution in [3.63, 3.8) is 0 Å². The van der Waals surface area contributed by atoms with Crippen LogP contribution in [0.2, 0.25) is 0 Å². The summed E-state index contributed by atoms with van der Waals surface area (Å²) in [5.74, 6) is 1.00. The van der Waals surface area contributed by atoms with Crippen LogP contribution < -0.4 is 5.56 Å². The first-order chi connectivity index (χ1) is 11.0. The van der Waals surface area contributed by atoms with Gasteiger partial charge in [-0.15, -0.1) is 0 Å². The summed E-state index contributed by atoms with van der Waals surface area (Å²) in [6, 6.07) is 3.70. The smallest absolute Gasteiger partial charge is 0.280 e. The number of amides is 1. The van der Waals surface area contributed by atoms with Crippen molar-refractivity contribution in [3.05, 3.63) is 40.1 Å². The van der Waals surface area contributed by atoms with Gasteiger partial charge in [0.15, 0.2) is 0 Å². The topological polar surface area (TPSA) is 84.1 Å². The number of hydrogen-bond donors (Lipinski definition) is 1. The van der Waals surface area contributed by atoms with Gasteiger partial charge >= 0.3 is 0 Å². The van der Waals surface area contributed by atoms with E-state index in [0.717, 1.165) is 18.5 Å². The molecule has 0 unspecified atom stereocenters. The molecule has 124 valence electrons. The molecule has 0 aliphatic carbocycles. The van der Waals surface area contributed by atoms with E-state index in [-0.39, 0.29) is 17.4 Å². The van der Waals surface area contributed by atoms with Gasteiger partial charge in [0, 0.05) is 37.3 Å². The molecule has 7 heteroatoms. The van der Waals surface area contributed by atoms with Crippen molar-refractivity contribution in [2.75, 3.05) is 13.1 Å². The molecule has 7 nitrogen and oxygen atoms in total. The fourth-order valence-electron chi connectivity index (χ4n) is 2.94. The molecule has 1 saturated heterocycles. The first kappa shape index (κ1) is 15.6. The van der Waals surface area contributed by atoms with Crippen molar-refractivity contribution >= 4 is 5.91 Å². The highest BCUT2D eigenvalue weighted by atomic mass is 16.5. The Balaban J connectivity index is 1.54. The molecule has 2 aromatic heterocycles. The number of carbonyl (C=O) groups excluding carboxylic acids is 1. The van der Waals surface area contributed by atoms with Crippen molar-refractivity contribution < 1.29 is 9.32 Å². The van der Waals surface area contributed by atoms with E-state index >= 15 is 0 Å². The predicted octanol–water partition coefficient (Wildman–Crippen LogP) is 1.69. The number of hydrogen-bond acceptors (Lipinski definition) is 4. The zero-order chi connectivity index (χ0) is 16.4. The average molecular weight is 318 g/mol. The molecule has 0 aromatic carbocycles. The quantitative estimate of drug-likeness (QED) is 0.930. The maximum Gasteiger partial charge on any atom is 0.280 e. The van der Waals surface area contributed by atoms with Crippen LogP contribution >= 0.6 is 0 Å². The summed E-state index contributed by atoms with van der Waals surface area (Å²) in [6.07, 6.45) is 3.87. The highest BCUT2D eigenvalue weighted by molar-refractivity contribution is 5.78. The van der Waals surface area contributed by atoms with Crippen LogP contribution in [0.25, 0.3) is 0 Å². The van der Waals surface area contributed by atoms with Crippen molar-refractivity contribution in [2.45, 2.75) is 45.1 Å². The van der Waals surface area contributed by atoms with E-state index in [0.29, 0.717) is 31.3 Å². The first-order valence-corrected chi connectivity index (χ1v) is 8.03. The minimum atomic E-state index is -0.209. The Morgan fingerprint density at radius 1 is 1.43 bits per heavy atom. The molecular formula is C16H22N4O3.